The van der Waals surface area contributed by atoms with E-state index < -0.39 is 54.0 Å². The van der Waals surface area contributed by atoms with Gasteiger partial charge in [-0.1, -0.05) is 84.0 Å². The molecule has 0 rings (SSSR count). The second kappa shape index (κ2) is 22.7. The number of nitrogens with two attached hydrogens (primary N) is 4. The molecule has 0 saturated heterocycles. The number of carbonyl (C=O) groups is 4. The highest BCUT2D eigenvalue weighted by molar-refractivity contribution is 6.10. The standard InChI is InChI=1S/C29H56N4O7/c1-3-4-5-6-7-8-9-10-11-12-13-14-15-18-24(35)29(33,19-16-17-20-30)28(38)40-27(37)25(32)22(2)39-26(36)23(31)21-34/h22-23,25,34H,3-21,30-33H2,1-2H3/t22-,23+,25+,29-/m1/s1. The van der Waals surface area contributed by atoms with Crippen molar-refractivity contribution in [2.45, 2.75) is 147 Å². The van der Waals surface area contributed by atoms with Crippen LogP contribution in [0.15, 0.2) is 0 Å². The molecule has 0 aromatic heterocycles. The number of aliphatic hydroxyl groups excluding tert-OH is 1. The van der Waals surface area contributed by atoms with Crippen LogP contribution in [0.3, 0.4) is 0 Å². The molecule has 0 heterocycles. The van der Waals surface area contributed by atoms with Crippen LogP contribution in [0.4, 0.5) is 0 Å². The Kier molecular flexibility index (Phi) is 21.6. The largest absolute Gasteiger partial charge is 0.459 e. The predicted molar refractivity (Wildman–Crippen MR) is 155 cm³/mol. The summed E-state index contributed by atoms with van der Waals surface area (Å²) in [6.45, 7) is 3.25. The van der Waals surface area contributed by atoms with Crippen LogP contribution in [0.25, 0.3) is 0 Å². The van der Waals surface area contributed by atoms with Gasteiger partial charge in [-0.3, -0.25) is 9.59 Å². The molecule has 0 bridgehead atoms. The van der Waals surface area contributed by atoms with Crippen molar-refractivity contribution in [2.24, 2.45) is 22.9 Å². The second-order valence-electron chi connectivity index (χ2n) is 10.8. The maximum Gasteiger partial charge on any atom is 0.341 e. The molecule has 0 aliphatic carbocycles. The van der Waals surface area contributed by atoms with E-state index in [1.807, 2.05) is 0 Å². The predicted octanol–water partition coefficient (Wildman–Crippen LogP) is 2.51. The summed E-state index contributed by atoms with van der Waals surface area (Å²) in [6.07, 6.45) is 14.9. The first-order chi connectivity index (χ1) is 19.0. The molecule has 0 aliphatic rings. The molecule has 0 spiro atoms. The van der Waals surface area contributed by atoms with Gasteiger partial charge in [-0.2, -0.15) is 0 Å². The van der Waals surface area contributed by atoms with Crippen molar-refractivity contribution in [1.29, 1.82) is 0 Å². The van der Waals surface area contributed by atoms with Gasteiger partial charge in [-0.15, -0.1) is 0 Å². The lowest BCUT2D eigenvalue weighted by Crippen LogP contribution is -2.57. The third kappa shape index (κ3) is 15.8. The van der Waals surface area contributed by atoms with Gasteiger partial charge in [0, 0.05) is 6.42 Å². The number of aliphatic hydroxyl groups is 1. The van der Waals surface area contributed by atoms with Gasteiger partial charge in [0.15, 0.2) is 11.3 Å². The maximum absolute atomic E-state index is 13.0. The monoisotopic (exact) mass is 572 g/mol. The van der Waals surface area contributed by atoms with E-state index in [4.69, 9.17) is 37.5 Å². The first-order valence-electron chi connectivity index (χ1n) is 15.2. The first kappa shape index (κ1) is 38.1. The highest BCUT2D eigenvalue weighted by Crippen LogP contribution is 2.20. The van der Waals surface area contributed by atoms with Crippen molar-refractivity contribution in [3.05, 3.63) is 0 Å². The van der Waals surface area contributed by atoms with Crippen molar-refractivity contribution >= 4 is 23.7 Å². The number of ketones is 1. The topological polar surface area (TPSA) is 211 Å². The third-order valence-electron chi connectivity index (χ3n) is 7.17. The number of Topliss-reactive ketones (excluding diaryl/α,β-unsaturated/α-hetero) is 1. The summed E-state index contributed by atoms with van der Waals surface area (Å²) in [5, 5.41) is 8.94. The molecule has 0 aromatic carbocycles. The zero-order valence-electron chi connectivity index (χ0n) is 24.9. The van der Waals surface area contributed by atoms with Crippen LogP contribution >= 0.6 is 0 Å². The lowest BCUT2D eigenvalue weighted by atomic mass is 9.86. The summed E-state index contributed by atoms with van der Waals surface area (Å²) in [5.74, 6) is -3.83. The summed E-state index contributed by atoms with van der Waals surface area (Å²) in [7, 11) is 0. The van der Waals surface area contributed by atoms with Gasteiger partial charge in [-0.25, -0.2) is 9.59 Å². The molecule has 0 aliphatic heterocycles. The van der Waals surface area contributed by atoms with Crippen LogP contribution in [0.1, 0.15) is 123 Å². The zero-order chi connectivity index (χ0) is 30.4. The molecule has 0 amide bonds. The lowest BCUT2D eigenvalue weighted by Gasteiger charge is -2.27. The van der Waals surface area contributed by atoms with E-state index in [0.717, 1.165) is 19.3 Å². The SMILES string of the molecule is CCCCCCCCCCCCCCCC(=O)[C@](N)(CCCCN)C(=O)OC(=O)[C@@H](N)[C@@H](C)OC(=O)[C@@H](N)CO. The molecule has 0 fully saturated rings. The van der Waals surface area contributed by atoms with E-state index in [9.17, 15) is 19.2 Å². The molecular formula is C29H56N4O7. The smallest absolute Gasteiger partial charge is 0.341 e. The van der Waals surface area contributed by atoms with E-state index in [2.05, 4.69) is 6.92 Å². The Labute approximate surface area is 240 Å². The Bertz CT molecular complexity index is 737. The minimum atomic E-state index is -2.00. The fourth-order valence-electron chi connectivity index (χ4n) is 4.29. The number of ether oxygens (including phenoxy) is 2. The normalized spacial score (nSPS) is 15.1. The first-order valence-corrected chi connectivity index (χ1v) is 15.2. The molecule has 4 atom stereocenters. The van der Waals surface area contributed by atoms with Crippen LogP contribution in [0, 0.1) is 0 Å². The van der Waals surface area contributed by atoms with Gasteiger partial charge in [-0.05, 0) is 39.2 Å². The van der Waals surface area contributed by atoms with Gasteiger partial charge >= 0.3 is 17.9 Å². The van der Waals surface area contributed by atoms with Crippen molar-refractivity contribution in [1.82, 2.24) is 0 Å². The van der Waals surface area contributed by atoms with Gasteiger partial charge in [0.1, 0.15) is 18.2 Å². The molecule has 40 heavy (non-hydrogen) atoms. The van der Waals surface area contributed by atoms with Crippen molar-refractivity contribution in [3.8, 4) is 0 Å². The second-order valence-corrected chi connectivity index (χ2v) is 10.8. The Morgan fingerprint density at radius 3 is 1.75 bits per heavy atom. The van der Waals surface area contributed by atoms with Gasteiger partial charge in [0.2, 0.25) is 0 Å². The summed E-state index contributed by atoms with van der Waals surface area (Å²) >= 11 is 0. The molecule has 0 saturated carbocycles. The lowest BCUT2D eigenvalue weighted by molar-refractivity contribution is -0.168. The van der Waals surface area contributed by atoms with E-state index in [-0.39, 0.29) is 12.8 Å². The molecule has 234 valence electrons. The van der Waals surface area contributed by atoms with Gasteiger partial charge in [0.25, 0.3) is 0 Å². The van der Waals surface area contributed by atoms with E-state index in [1.54, 1.807) is 0 Å². The van der Waals surface area contributed by atoms with Crippen LogP contribution in [0.2, 0.25) is 0 Å². The van der Waals surface area contributed by atoms with Crippen LogP contribution < -0.4 is 22.9 Å². The number of hydrogen-bond acceptors (Lipinski definition) is 11. The minimum Gasteiger partial charge on any atom is -0.459 e. The summed E-state index contributed by atoms with van der Waals surface area (Å²) in [4.78, 5) is 50.2. The fourth-order valence-corrected chi connectivity index (χ4v) is 4.29. The number of carbonyl (C=O) groups excluding carboxylic acids is 4. The third-order valence-corrected chi connectivity index (χ3v) is 7.17. The number of rotatable bonds is 25. The summed E-state index contributed by atoms with van der Waals surface area (Å²) < 4.78 is 9.82. The van der Waals surface area contributed by atoms with Gasteiger partial charge in [0.05, 0.1) is 6.61 Å². The zero-order valence-corrected chi connectivity index (χ0v) is 24.9. The highest BCUT2D eigenvalue weighted by Gasteiger charge is 2.44. The Morgan fingerprint density at radius 1 is 0.775 bits per heavy atom. The Morgan fingerprint density at radius 2 is 1.27 bits per heavy atom. The van der Waals surface area contributed by atoms with Crippen LogP contribution in [0.5, 0.6) is 0 Å². The Hall–Kier alpha value is -1.92. The quantitative estimate of drug-likeness (QED) is 0.0609. The van der Waals surface area contributed by atoms with Crippen LogP contribution in [-0.4, -0.2) is 65.7 Å². The van der Waals surface area contributed by atoms with Gasteiger partial charge < -0.3 is 37.5 Å². The summed E-state index contributed by atoms with van der Waals surface area (Å²) in [6, 6.07) is -2.82. The average molecular weight is 573 g/mol. The number of esters is 3. The molecule has 0 aromatic rings. The van der Waals surface area contributed by atoms with E-state index in [1.165, 1.54) is 64.7 Å². The van der Waals surface area contributed by atoms with E-state index >= 15 is 0 Å². The van der Waals surface area contributed by atoms with Crippen molar-refractivity contribution < 1.29 is 33.8 Å². The summed E-state index contributed by atoms with van der Waals surface area (Å²) in [5.41, 5.74) is 21.0. The average Bonchev–Trinajstić information content (AvgIpc) is 2.94. The Balaban J connectivity index is 4.65. The number of hydrogen-bond donors (Lipinski definition) is 5. The number of unbranched alkanes of at least 4 members (excludes halogenated alkanes) is 13. The molecule has 0 radical (unpaired) electrons. The molecule has 0 unspecified atom stereocenters. The molecular weight excluding hydrogens is 516 g/mol. The van der Waals surface area contributed by atoms with Crippen molar-refractivity contribution in [3.63, 3.8) is 0 Å². The van der Waals surface area contributed by atoms with Crippen LogP contribution in [-0.2, 0) is 28.7 Å². The minimum absolute atomic E-state index is 0.0152. The fraction of sp³-hybridized carbons (Fsp3) is 0.862. The molecule has 11 nitrogen and oxygen atoms in total. The van der Waals surface area contributed by atoms with E-state index in [0.29, 0.717) is 25.8 Å². The molecule has 11 heteroatoms. The van der Waals surface area contributed by atoms with Crippen molar-refractivity contribution in [2.75, 3.05) is 13.2 Å². The molecule has 9 N–H and O–H groups in total. The highest BCUT2D eigenvalue weighted by atomic mass is 16.6. The maximum atomic E-state index is 13.0.